The van der Waals surface area contributed by atoms with E-state index in [-0.39, 0.29) is 11.0 Å². The number of aromatic amines is 1. The summed E-state index contributed by atoms with van der Waals surface area (Å²) in [6.45, 7) is 12.8. The maximum absolute atomic E-state index is 12.9. The highest BCUT2D eigenvalue weighted by Gasteiger charge is 2.26. The molecule has 0 bridgehead atoms. The molecule has 2 heterocycles. The van der Waals surface area contributed by atoms with Gasteiger partial charge in [0, 0.05) is 25.6 Å². The third-order valence-corrected chi connectivity index (χ3v) is 5.87. The van der Waals surface area contributed by atoms with Gasteiger partial charge in [-0.3, -0.25) is 14.5 Å². The molecule has 0 saturated heterocycles. The van der Waals surface area contributed by atoms with Crippen molar-refractivity contribution >= 4 is 17.0 Å². The Morgan fingerprint density at radius 1 is 1.21 bits per heavy atom. The van der Waals surface area contributed by atoms with E-state index in [0.717, 1.165) is 30.7 Å². The number of fused-ring (bicyclic) bond motifs is 1. The number of hydrogen-bond donors (Lipinski definition) is 1. The van der Waals surface area contributed by atoms with Crippen LogP contribution in [0.3, 0.4) is 0 Å². The first kappa shape index (κ1) is 20.9. The van der Waals surface area contributed by atoms with Crippen molar-refractivity contribution in [1.29, 1.82) is 0 Å². The molecule has 0 amide bonds. The second kappa shape index (κ2) is 8.26. The Balaban J connectivity index is 2.01. The summed E-state index contributed by atoms with van der Waals surface area (Å²) in [4.78, 5) is 23.2. The normalized spacial score (nSPS) is 16.2. The fraction of sp³-hybridized carbons (Fsp3) is 0.773. The SMILES string of the molecule is CC(C)CCN(CC1CCCCC1)c1nc2c(C(C)(C)C)nn(C)c2c(=O)[nH]1. The van der Waals surface area contributed by atoms with Gasteiger partial charge in [-0.2, -0.15) is 5.10 Å². The lowest BCUT2D eigenvalue weighted by Crippen LogP contribution is -2.34. The second-order valence-electron chi connectivity index (χ2n) is 9.94. The molecule has 2 aromatic rings. The Labute approximate surface area is 168 Å². The number of nitrogens with one attached hydrogen (secondary N) is 1. The number of nitrogens with zero attached hydrogens (tertiary/aromatic N) is 4. The van der Waals surface area contributed by atoms with Gasteiger partial charge in [-0.25, -0.2) is 4.98 Å². The Kier molecular flexibility index (Phi) is 6.15. The quantitative estimate of drug-likeness (QED) is 0.798. The Hall–Kier alpha value is -1.85. The lowest BCUT2D eigenvalue weighted by Gasteiger charge is -2.30. The van der Waals surface area contributed by atoms with Crippen LogP contribution < -0.4 is 10.5 Å². The van der Waals surface area contributed by atoms with E-state index in [1.54, 1.807) is 4.68 Å². The van der Waals surface area contributed by atoms with Gasteiger partial charge in [0.2, 0.25) is 5.95 Å². The number of H-pyrrole nitrogens is 1. The van der Waals surface area contributed by atoms with Crippen molar-refractivity contribution in [2.75, 3.05) is 18.0 Å². The monoisotopic (exact) mass is 387 g/mol. The molecule has 0 spiro atoms. The van der Waals surface area contributed by atoms with Crippen molar-refractivity contribution in [3.8, 4) is 0 Å². The summed E-state index contributed by atoms with van der Waals surface area (Å²) in [5.41, 5.74) is 1.94. The highest BCUT2D eigenvalue weighted by atomic mass is 16.1. The van der Waals surface area contributed by atoms with E-state index in [1.807, 2.05) is 7.05 Å². The summed E-state index contributed by atoms with van der Waals surface area (Å²) in [5, 5.41) is 4.63. The van der Waals surface area contributed by atoms with Crippen molar-refractivity contribution in [3.63, 3.8) is 0 Å². The van der Waals surface area contributed by atoms with Crippen LogP contribution in [0.15, 0.2) is 4.79 Å². The first-order valence-corrected chi connectivity index (χ1v) is 10.9. The zero-order valence-electron chi connectivity index (χ0n) is 18.5. The Morgan fingerprint density at radius 3 is 2.50 bits per heavy atom. The summed E-state index contributed by atoms with van der Waals surface area (Å²) in [7, 11) is 1.83. The van der Waals surface area contributed by atoms with E-state index < -0.39 is 0 Å². The van der Waals surface area contributed by atoms with Gasteiger partial charge in [-0.15, -0.1) is 0 Å². The Morgan fingerprint density at radius 2 is 1.89 bits per heavy atom. The van der Waals surface area contributed by atoms with Gasteiger partial charge in [0.15, 0.2) is 5.52 Å². The summed E-state index contributed by atoms with van der Waals surface area (Å²) >= 11 is 0. The highest BCUT2D eigenvalue weighted by Crippen LogP contribution is 2.29. The molecule has 0 atom stereocenters. The predicted octanol–water partition coefficient (Wildman–Crippen LogP) is 4.39. The van der Waals surface area contributed by atoms with Crippen LogP contribution >= 0.6 is 0 Å². The van der Waals surface area contributed by atoms with Crippen LogP contribution in [0.25, 0.3) is 11.0 Å². The minimum atomic E-state index is -0.163. The van der Waals surface area contributed by atoms with Crippen molar-refractivity contribution in [2.45, 2.75) is 78.6 Å². The minimum Gasteiger partial charge on any atom is -0.342 e. The molecule has 0 unspecified atom stereocenters. The van der Waals surface area contributed by atoms with Gasteiger partial charge in [-0.1, -0.05) is 53.9 Å². The maximum Gasteiger partial charge on any atom is 0.278 e. The number of aromatic nitrogens is 4. The number of hydrogen-bond acceptors (Lipinski definition) is 4. The second-order valence-corrected chi connectivity index (χ2v) is 9.94. The van der Waals surface area contributed by atoms with Crippen LogP contribution in [-0.2, 0) is 12.5 Å². The summed E-state index contributed by atoms with van der Waals surface area (Å²) in [5.74, 6) is 2.02. The molecule has 6 nitrogen and oxygen atoms in total. The van der Waals surface area contributed by atoms with Crippen LogP contribution in [0.4, 0.5) is 5.95 Å². The average Bonchev–Trinajstić information content (AvgIpc) is 2.97. The molecule has 2 aromatic heterocycles. The van der Waals surface area contributed by atoms with Gasteiger partial charge >= 0.3 is 0 Å². The first-order chi connectivity index (χ1) is 13.2. The molecule has 1 aliphatic carbocycles. The Bertz CT molecular complexity index is 852. The molecule has 1 fully saturated rings. The molecule has 0 aromatic carbocycles. The van der Waals surface area contributed by atoms with Crippen molar-refractivity contribution in [1.82, 2.24) is 19.7 Å². The van der Waals surface area contributed by atoms with Crippen LogP contribution in [0.1, 0.15) is 78.8 Å². The highest BCUT2D eigenvalue weighted by molar-refractivity contribution is 5.78. The third-order valence-electron chi connectivity index (χ3n) is 5.87. The van der Waals surface area contributed by atoms with Crippen LogP contribution in [-0.4, -0.2) is 32.8 Å². The largest absolute Gasteiger partial charge is 0.342 e. The van der Waals surface area contributed by atoms with Crippen LogP contribution in [0, 0.1) is 11.8 Å². The van der Waals surface area contributed by atoms with E-state index in [9.17, 15) is 4.79 Å². The maximum atomic E-state index is 12.9. The zero-order chi connectivity index (χ0) is 20.5. The van der Waals surface area contributed by atoms with E-state index in [1.165, 1.54) is 32.1 Å². The molecule has 6 heteroatoms. The van der Waals surface area contributed by atoms with Gasteiger partial charge in [0.05, 0.1) is 5.69 Å². The summed E-state index contributed by atoms with van der Waals surface area (Å²) in [6, 6.07) is 0. The van der Waals surface area contributed by atoms with E-state index in [4.69, 9.17) is 4.98 Å². The third kappa shape index (κ3) is 4.58. The molecule has 28 heavy (non-hydrogen) atoms. The number of rotatable bonds is 6. The summed E-state index contributed by atoms with van der Waals surface area (Å²) in [6.07, 6.45) is 7.66. The summed E-state index contributed by atoms with van der Waals surface area (Å²) < 4.78 is 1.67. The van der Waals surface area contributed by atoms with Crippen molar-refractivity contribution in [3.05, 3.63) is 16.0 Å². The molecule has 1 N–H and O–H groups in total. The fourth-order valence-electron chi connectivity index (χ4n) is 4.20. The molecule has 1 saturated carbocycles. The first-order valence-electron chi connectivity index (χ1n) is 10.9. The van der Waals surface area contributed by atoms with Gasteiger partial charge in [0.25, 0.3) is 5.56 Å². The molecule has 0 aliphatic heterocycles. The van der Waals surface area contributed by atoms with Crippen molar-refractivity contribution in [2.24, 2.45) is 18.9 Å². The van der Waals surface area contributed by atoms with Crippen LogP contribution in [0.2, 0.25) is 0 Å². The van der Waals surface area contributed by atoms with Gasteiger partial charge in [0.1, 0.15) is 5.52 Å². The van der Waals surface area contributed by atoms with Crippen LogP contribution in [0.5, 0.6) is 0 Å². The minimum absolute atomic E-state index is 0.0938. The smallest absolute Gasteiger partial charge is 0.278 e. The van der Waals surface area contributed by atoms with E-state index in [0.29, 0.717) is 23.3 Å². The standard InChI is InChI=1S/C22H37N5O/c1-15(2)12-13-27(14-16-10-8-7-9-11-16)21-23-17-18(20(28)24-21)26(6)25-19(17)22(3,4)5/h15-16H,7-14H2,1-6H3,(H,23,24,28). The zero-order valence-corrected chi connectivity index (χ0v) is 18.5. The van der Waals surface area contributed by atoms with E-state index in [2.05, 4.69) is 49.6 Å². The van der Waals surface area contributed by atoms with Gasteiger partial charge < -0.3 is 4.90 Å². The fourth-order valence-corrected chi connectivity index (χ4v) is 4.20. The van der Waals surface area contributed by atoms with Crippen molar-refractivity contribution < 1.29 is 0 Å². The molecule has 156 valence electrons. The average molecular weight is 388 g/mol. The molecular formula is C22H37N5O. The molecule has 1 aliphatic rings. The number of anilines is 1. The topological polar surface area (TPSA) is 66.8 Å². The lowest BCUT2D eigenvalue weighted by atomic mass is 9.89. The van der Waals surface area contributed by atoms with E-state index >= 15 is 0 Å². The molecular weight excluding hydrogens is 350 g/mol. The molecule has 3 rings (SSSR count). The number of aryl methyl sites for hydroxylation is 1. The lowest BCUT2D eigenvalue weighted by molar-refractivity contribution is 0.354. The predicted molar refractivity (Wildman–Crippen MR) is 116 cm³/mol. The van der Waals surface area contributed by atoms with Gasteiger partial charge in [-0.05, 0) is 31.1 Å². The molecule has 0 radical (unpaired) electrons.